The molecule has 7 heteroatoms. The van der Waals surface area contributed by atoms with E-state index < -0.39 is 0 Å². The lowest BCUT2D eigenvalue weighted by Crippen LogP contribution is -2.28. The molecule has 0 bridgehead atoms. The number of fused-ring (bicyclic) bond motifs is 1. The third kappa shape index (κ3) is 3.85. The summed E-state index contributed by atoms with van der Waals surface area (Å²) < 4.78 is 13.1. The van der Waals surface area contributed by atoms with Crippen molar-refractivity contribution >= 4 is 23.1 Å². The summed E-state index contributed by atoms with van der Waals surface area (Å²) >= 11 is 0. The quantitative estimate of drug-likeness (QED) is 0.530. The van der Waals surface area contributed by atoms with E-state index in [9.17, 15) is 9.18 Å². The van der Waals surface area contributed by atoms with E-state index in [0.717, 1.165) is 28.9 Å². The Hall–Kier alpha value is -4.13. The molecule has 1 N–H and O–H groups in total. The van der Waals surface area contributed by atoms with Crippen LogP contribution in [0.3, 0.4) is 0 Å². The number of rotatable bonds is 4. The lowest BCUT2D eigenvalue weighted by molar-refractivity contribution is 0.0989. The molecule has 1 amide bonds. The summed E-state index contributed by atoms with van der Waals surface area (Å²) in [5.74, 6) is 0.272. The highest BCUT2D eigenvalue weighted by Crippen LogP contribution is 2.32. The van der Waals surface area contributed by atoms with Crippen LogP contribution in [0.1, 0.15) is 15.9 Å². The van der Waals surface area contributed by atoms with E-state index in [0.29, 0.717) is 23.6 Å². The number of hydrogen-bond donors (Lipinski definition) is 1. The van der Waals surface area contributed by atoms with E-state index in [2.05, 4.69) is 20.5 Å². The molecule has 0 aliphatic carbocycles. The van der Waals surface area contributed by atoms with Gasteiger partial charge in [-0.05, 0) is 78.7 Å². The van der Waals surface area contributed by atoms with E-state index >= 15 is 0 Å². The van der Waals surface area contributed by atoms with Crippen molar-refractivity contribution in [3.05, 3.63) is 96.1 Å². The predicted molar refractivity (Wildman–Crippen MR) is 117 cm³/mol. The number of anilines is 3. The summed E-state index contributed by atoms with van der Waals surface area (Å²) in [5, 5.41) is 11.7. The van der Waals surface area contributed by atoms with Crippen molar-refractivity contribution in [1.82, 2.24) is 15.2 Å². The number of pyridine rings is 1. The maximum Gasteiger partial charge on any atom is 0.259 e. The molecular formula is C24H18FN5O. The number of halogens is 1. The summed E-state index contributed by atoms with van der Waals surface area (Å²) in [6, 6.07) is 19.2. The van der Waals surface area contributed by atoms with Gasteiger partial charge < -0.3 is 10.2 Å². The number of carbonyl (C=O) groups excluding carboxylic acids is 1. The first-order chi connectivity index (χ1) is 15.2. The third-order valence-corrected chi connectivity index (χ3v) is 5.21. The van der Waals surface area contributed by atoms with Crippen LogP contribution in [-0.4, -0.2) is 27.6 Å². The standard InChI is InChI=1S/C24H18FN5O/c25-19-5-3-16(4-6-19)21-8-10-23(29-28-21)27-20-7-9-22-17(14-20)11-13-30(22)24(31)18-2-1-12-26-15-18/h1-10,12,14-15H,11,13H2,(H,27,29). The van der Waals surface area contributed by atoms with Gasteiger partial charge in [-0.3, -0.25) is 9.78 Å². The number of aromatic nitrogens is 3. The van der Waals surface area contributed by atoms with Crippen LogP contribution < -0.4 is 10.2 Å². The average molecular weight is 411 g/mol. The largest absolute Gasteiger partial charge is 0.339 e. The smallest absolute Gasteiger partial charge is 0.259 e. The van der Waals surface area contributed by atoms with Crippen LogP contribution in [0.2, 0.25) is 0 Å². The van der Waals surface area contributed by atoms with Gasteiger partial charge in [0.1, 0.15) is 5.82 Å². The zero-order chi connectivity index (χ0) is 21.2. The molecule has 4 aromatic rings. The molecule has 152 valence electrons. The van der Waals surface area contributed by atoms with Gasteiger partial charge in [-0.2, -0.15) is 0 Å². The Kier molecular flexibility index (Phi) is 4.84. The Labute approximate surface area is 178 Å². The summed E-state index contributed by atoms with van der Waals surface area (Å²) in [6.07, 6.45) is 4.03. The minimum atomic E-state index is -0.285. The van der Waals surface area contributed by atoms with Crippen LogP contribution in [0.5, 0.6) is 0 Å². The maximum absolute atomic E-state index is 13.1. The van der Waals surface area contributed by atoms with Crippen molar-refractivity contribution in [2.75, 3.05) is 16.8 Å². The van der Waals surface area contributed by atoms with Gasteiger partial charge in [0.15, 0.2) is 5.82 Å². The predicted octanol–water partition coefficient (Wildman–Crippen LogP) is 4.62. The summed E-state index contributed by atoms with van der Waals surface area (Å²) in [4.78, 5) is 18.6. The Morgan fingerprint density at radius 3 is 2.61 bits per heavy atom. The van der Waals surface area contributed by atoms with Gasteiger partial charge in [-0.1, -0.05) is 0 Å². The Morgan fingerprint density at radius 2 is 1.87 bits per heavy atom. The number of amides is 1. The first-order valence-electron chi connectivity index (χ1n) is 9.89. The van der Waals surface area contributed by atoms with Gasteiger partial charge in [0.2, 0.25) is 0 Å². The van der Waals surface area contributed by atoms with Crippen LogP contribution in [0.15, 0.2) is 79.1 Å². The number of benzene rings is 2. The second-order valence-corrected chi connectivity index (χ2v) is 7.23. The molecule has 6 nitrogen and oxygen atoms in total. The number of hydrogen-bond acceptors (Lipinski definition) is 5. The molecular weight excluding hydrogens is 393 g/mol. The van der Waals surface area contributed by atoms with Gasteiger partial charge in [0.25, 0.3) is 5.91 Å². The minimum Gasteiger partial charge on any atom is -0.339 e. The Morgan fingerprint density at radius 1 is 1.00 bits per heavy atom. The molecule has 0 spiro atoms. The Bertz CT molecular complexity index is 1230. The van der Waals surface area contributed by atoms with Crippen LogP contribution >= 0.6 is 0 Å². The van der Waals surface area contributed by atoms with Gasteiger partial charge in [-0.15, -0.1) is 10.2 Å². The maximum atomic E-state index is 13.1. The molecule has 1 aliphatic rings. The van der Waals surface area contributed by atoms with Crippen LogP contribution in [0.4, 0.5) is 21.6 Å². The van der Waals surface area contributed by atoms with E-state index in [-0.39, 0.29) is 11.7 Å². The molecule has 0 radical (unpaired) electrons. The molecule has 0 fully saturated rings. The van der Waals surface area contributed by atoms with Crippen molar-refractivity contribution < 1.29 is 9.18 Å². The molecule has 0 saturated heterocycles. The number of nitrogens with zero attached hydrogens (tertiary/aromatic N) is 4. The summed E-state index contributed by atoms with van der Waals surface area (Å²) in [5.41, 5.74) is 4.93. The van der Waals surface area contributed by atoms with Gasteiger partial charge in [0, 0.05) is 35.9 Å². The lowest BCUT2D eigenvalue weighted by Gasteiger charge is -2.17. The summed E-state index contributed by atoms with van der Waals surface area (Å²) in [7, 11) is 0. The van der Waals surface area contributed by atoms with Crippen molar-refractivity contribution in [3.8, 4) is 11.3 Å². The van der Waals surface area contributed by atoms with Crippen molar-refractivity contribution in [3.63, 3.8) is 0 Å². The highest BCUT2D eigenvalue weighted by molar-refractivity contribution is 6.07. The zero-order valence-corrected chi connectivity index (χ0v) is 16.5. The molecule has 0 unspecified atom stereocenters. The molecule has 0 atom stereocenters. The fraction of sp³-hybridized carbons (Fsp3) is 0.0833. The molecule has 1 aliphatic heterocycles. The molecule has 2 aromatic heterocycles. The van der Waals surface area contributed by atoms with Gasteiger partial charge in [-0.25, -0.2) is 4.39 Å². The normalized spacial score (nSPS) is 12.5. The van der Waals surface area contributed by atoms with E-state index in [1.54, 1.807) is 41.6 Å². The first-order valence-corrected chi connectivity index (χ1v) is 9.89. The number of nitrogens with one attached hydrogen (secondary N) is 1. The highest BCUT2D eigenvalue weighted by Gasteiger charge is 2.25. The fourth-order valence-corrected chi connectivity index (χ4v) is 3.66. The molecule has 5 rings (SSSR count). The Balaban J connectivity index is 1.31. The van der Waals surface area contributed by atoms with E-state index in [4.69, 9.17) is 0 Å². The topological polar surface area (TPSA) is 71.0 Å². The number of carbonyl (C=O) groups is 1. The molecule has 3 heterocycles. The van der Waals surface area contributed by atoms with E-state index in [1.807, 2.05) is 30.3 Å². The minimum absolute atomic E-state index is 0.0465. The monoisotopic (exact) mass is 411 g/mol. The highest BCUT2D eigenvalue weighted by atomic mass is 19.1. The van der Waals surface area contributed by atoms with Gasteiger partial charge >= 0.3 is 0 Å². The molecule has 0 saturated carbocycles. The van der Waals surface area contributed by atoms with Crippen molar-refractivity contribution in [2.45, 2.75) is 6.42 Å². The second kappa shape index (κ2) is 7.95. The van der Waals surface area contributed by atoms with Crippen LogP contribution in [0, 0.1) is 5.82 Å². The second-order valence-electron chi connectivity index (χ2n) is 7.23. The average Bonchev–Trinajstić information content (AvgIpc) is 3.23. The fourth-order valence-electron chi connectivity index (χ4n) is 3.66. The van der Waals surface area contributed by atoms with Crippen LogP contribution in [0.25, 0.3) is 11.3 Å². The lowest BCUT2D eigenvalue weighted by atomic mass is 10.1. The van der Waals surface area contributed by atoms with Gasteiger partial charge in [0.05, 0.1) is 11.3 Å². The van der Waals surface area contributed by atoms with Crippen molar-refractivity contribution in [2.24, 2.45) is 0 Å². The summed E-state index contributed by atoms with van der Waals surface area (Å²) in [6.45, 7) is 0.638. The SMILES string of the molecule is O=C(c1cccnc1)N1CCc2cc(Nc3ccc(-c4ccc(F)cc4)nn3)ccc21. The van der Waals surface area contributed by atoms with Crippen molar-refractivity contribution in [1.29, 1.82) is 0 Å². The molecule has 31 heavy (non-hydrogen) atoms. The van der Waals surface area contributed by atoms with Crippen LogP contribution in [-0.2, 0) is 6.42 Å². The van der Waals surface area contributed by atoms with E-state index in [1.165, 1.54) is 12.1 Å². The third-order valence-electron chi connectivity index (χ3n) is 5.21. The molecule has 2 aromatic carbocycles. The first kappa shape index (κ1) is 18.9. The zero-order valence-electron chi connectivity index (χ0n) is 16.5.